The number of likely N-dealkylation sites (tertiary alicyclic amines) is 1. The summed E-state index contributed by atoms with van der Waals surface area (Å²) < 4.78 is 6.37. The summed E-state index contributed by atoms with van der Waals surface area (Å²) in [4.78, 5) is 2.58. The standard InChI is InChI=1S/C24H30N2O/c1-3-7-19(8-4-1)17-26-13-11-24(12-14-26)16-21(18-27-24)25-23-15-22(23)20-9-5-2-6-10-20/h1-10,21-23,25H,11-18H2/t21?,22-,23+/m0/s1. The number of rotatable bonds is 5. The Labute approximate surface area is 162 Å². The van der Waals surface area contributed by atoms with Crippen LogP contribution in [0.1, 0.15) is 42.7 Å². The van der Waals surface area contributed by atoms with Crippen LogP contribution in [0.3, 0.4) is 0 Å². The van der Waals surface area contributed by atoms with Crippen LogP contribution in [0.15, 0.2) is 60.7 Å². The van der Waals surface area contributed by atoms with Crippen molar-refractivity contribution in [2.75, 3.05) is 19.7 Å². The smallest absolute Gasteiger partial charge is 0.0723 e. The third-order valence-electron chi connectivity index (χ3n) is 6.69. The molecule has 2 saturated heterocycles. The van der Waals surface area contributed by atoms with Crippen LogP contribution in [-0.2, 0) is 11.3 Å². The molecule has 142 valence electrons. The number of ether oxygens (including phenoxy) is 1. The average molecular weight is 363 g/mol. The van der Waals surface area contributed by atoms with Gasteiger partial charge in [0.2, 0.25) is 0 Å². The van der Waals surface area contributed by atoms with Crippen LogP contribution in [0.4, 0.5) is 0 Å². The number of benzene rings is 2. The van der Waals surface area contributed by atoms with Crippen LogP contribution in [0.5, 0.6) is 0 Å². The van der Waals surface area contributed by atoms with E-state index in [2.05, 4.69) is 70.9 Å². The highest BCUT2D eigenvalue weighted by Crippen LogP contribution is 2.43. The molecule has 3 fully saturated rings. The van der Waals surface area contributed by atoms with Crippen molar-refractivity contribution in [3.05, 3.63) is 71.8 Å². The zero-order chi connectivity index (χ0) is 18.1. The molecule has 1 spiro atoms. The maximum atomic E-state index is 6.37. The zero-order valence-corrected chi connectivity index (χ0v) is 16.0. The first kappa shape index (κ1) is 17.4. The molecule has 3 atom stereocenters. The molecule has 0 bridgehead atoms. The van der Waals surface area contributed by atoms with Gasteiger partial charge in [-0.2, -0.15) is 0 Å². The monoisotopic (exact) mass is 362 g/mol. The van der Waals surface area contributed by atoms with Crippen LogP contribution < -0.4 is 5.32 Å². The van der Waals surface area contributed by atoms with Crippen molar-refractivity contribution in [2.45, 2.75) is 55.8 Å². The van der Waals surface area contributed by atoms with E-state index in [-0.39, 0.29) is 5.60 Å². The fraction of sp³-hybridized carbons (Fsp3) is 0.500. The van der Waals surface area contributed by atoms with Crippen molar-refractivity contribution < 1.29 is 4.74 Å². The fourth-order valence-electron chi connectivity index (χ4n) is 5.01. The lowest BCUT2D eigenvalue weighted by atomic mass is 9.87. The summed E-state index contributed by atoms with van der Waals surface area (Å²) in [7, 11) is 0. The molecule has 1 N–H and O–H groups in total. The molecule has 1 unspecified atom stereocenters. The summed E-state index contributed by atoms with van der Waals surface area (Å²) in [6, 6.07) is 23.0. The van der Waals surface area contributed by atoms with Gasteiger partial charge in [0.1, 0.15) is 0 Å². The summed E-state index contributed by atoms with van der Waals surface area (Å²) in [6.07, 6.45) is 4.80. The van der Waals surface area contributed by atoms with Crippen LogP contribution in [-0.4, -0.2) is 42.3 Å². The minimum absolute atomic E-state index is 0.127. The van der Waals surface area contributed by atoms with Gasteiger partial charge in [-0.25, -0.2) is 0 Å². The molecular formula is C24H30N2O. The van der Waals surface area contributed by atoms with E-state index in [9.17, 15) is 0 Å². The Hall–Kier alpha value is -1.68. The Balaban J connectivity index is 1.10. The second kappa shape index (κ2) is 7.38. The second-order valence-corrected chi connectivity index (χ2v) is 8.68. The minimum atomic E-state index is 0.127. The molecule has 3 aliphatic rings. The topological polar surface area (TPSA) is 24.5 Å². The van der Waals surface area contributed by atoms with Gasteiger partial charge in [0.05, 0.1) is 12.2 Å². The van der Waals surface area contributed by atoms with E-state index >= 15 is 0 Å². The van der Waals surface area contributed by atoms with E-state index in [1.54, 1.807) is 0 Å². The molecule has 27 heavy (non-hydrogen) atoms. The first-order valence-corrected chi connectivity index (χ1v) is 10.5. The van der Waals surface area contributed by atoms with Crippen molar-refractivity contribution in [1.29, 1.82) is 0 Å². The number of piperidine rings is 1. The van der Waals surface area contributed by atoms with E-state index in [4.69, 9.17) is 4.74 Å². The van der Waals surface area contributed by atoms with Crippen LogP contribution in [0.2, 0.25) is 0 Å². The van der Waals surface area contributed by atoms with E-state index in [0.717, 1.165) is 26.2 Å². The Kier molecular flexibility index (Phi) is 4.76. The Morgan fingerprint density at radius 3 is 2.41 bits per heavy atom. The summed E-state index contributed by atoms with van der Waals surface area (Å²) in [5.74, 6) is 0.704. The fourth-order valence-corrected chi connectivity index (χ4v) is 5.01. The van der Waals surface area contributed by atoms with Gasteiger partial charge in [-0.1, -0.05) is 60.7 Å². The Morgan fingerprint density at radius 1 is 0.963 bits per heavy atom. The molecular weight excluding hydrogens is 332 g/mol. The molecule has 0 amide bonds. The van der Waals surface area contributed by atoms with Gasteiger partial charge in [0.15, 0.2) is 0 Å². The SMILES string of the molecule is c1ccc(CN2CCC3(CC2)CC(N[C@@H]2C[C@H]2c2ccccc2)CO3)cc1. The molecule has 3 heteroatoms. The summed E-state index contributed by atoms with van der Waals surface area (Å²) >= 11 is 0. The molecule has 5 rings (SSSR count). The van der Waals surface area contributed by atoms with Crippen molar-refractivity contribution >= 4 is 0 Å². The lowest BCUT2D eigenvalue weighted by Crippen LogP contribution is -2.44. The van der Waals surface area contributed by atoms with Crippen LogP contribution >= 0.6 is 0 Å². The summed E-state index contributed by atoms with van der Waals surface area (Å²) in [6.45, 7) is 4.26. The van der Waals surface area contributed by atoms with E-state index in [1.165, 1.54) is 36.8 Å². The predicted molar refractivity (Wildman–Crippen MR) is 109 cm³/mol. The maximum Gasteiger partial charge on any atom is 0.0723 e. The Morgan fingerprint density at radius 2 is 1.67 bits per heavy atom. The average Bonchev–Trinajstić information content (AvgIpc) is 3.38. The molecule has 2 aromatic carbocycles. The van der Waals surface area contributed by atoms with Gasteiger partial charge in [-0.05, 0) is 36.8 Å². The Bertz CT molecular complexity index is 739. The highest BCUT2D eigenvalue weighted by Gasteiger charge is 2.46. The van der Waals surface area contributed by atoms with Crippen molar-refractivity contribution in [3.63, 3.8) is 0 Å². The molecule has 2 aliphatic heterocycles. The minimum Gasteiger partial charge on any atom is -0.373 e. The number of nitrogens with one attached hydrogen (secondary N) is 1. The normalized spacial score (nSPS) is 29.9. The van der Waals surface area contributed by atoms with Gasteiger partial charge >= 0.3 is 0 Å². The molecule has 2 aromatic rings. The number of nitrogens with zero attached hydrogens (tertiary/aromatic N) is 1. The third-order valence-corrected chi connectivity index (χ3v) is 6.69. The summed E-state index contributed by atoms with van der Waals surface area (Å²) in [5.41, 5.74) is 3.03. The van der Waals surface area contributed by atoms with Gasteiger partial charge in [0, 0.05) is 37.6 Å². The van der Waals surface area contributed by atoms with E-state index in [1.807, 2.05) is 0 Å². The molecule has 1 aliphatic carbocycles. The van der Waals surface area contributed by atoms with Crippen LogP contribution in [0, 0.1) is 0 Å². The van der Waals surface area contributed by atoms with Crippen molar-refractivity contribution in [2.24, 2.45) is 0 Å². The van der Waals surface area contributed by atoms with Gasteiger partial charge in [-0.3, -0.25) is 4.90 Å². The predicted octanol–water partition coefficient (Wildman–Crippen LogP) is 3.96. The lowest BCUT2D eigenvalue weighted by molar-refractivity contribution is -0.0449. The van der Waals surface area contributed by atoms with Crippen LogP contribution in [0.25, 0.3) is 0 Å². The summed E-state index contributed by atoms with van der Waals surface area (Å²) in [5, 5.41) is 3.89. The quantitative estimate of drug-likeness (QED) is 0.871. The molecule has 2 heterocycles. The third kappa shape index (κ3) is 3.96. The molecule has 3 nitrogen and oxygen atoms in total. The number of hydrogen-bond acceptors (Lipinski definition) is 3. The van der Waals surface area contributed by atoms with Crippen molar-refractivity contribution in [1.82, 2.24) is 10.2 Å². The molecule has 0 aromatic heterocycles. The maximum absolute atomic E-state index is 6.37. The zero-order valence-electron chi connectivity index (χ0n) is 16.0. The van der Waals surface area contributed by atoms with Crippen molar-refractivity contribution in [3.8, 4) is 0 Å². The highest BCUT2D eigenvalue weighted by atomic mass is 16.5. The van der Waals surface area contributed by atoms with Gasteiger partial charge < -0.3 is 10.1 Å². The second-order valence-electron chi connectivity index (χ2n) is 8.68. The first-order valence-electron chi connectivity index (χ1n) is 10.5. The largest absolute Gasteiger partial charge is 0.373 e. The van der Waals surface area contributed by atoms with E-state index < -0.39 is 0 Å². The van der Waals surface area contributed by atoms with Gasteiger partial charge in [-0.15, -0.1) is 0 Å². The van der Waals surface area contributed by atoms with Gasteiger partial charge in [0.25, 0.3) is 0 Å². The lowest BCUT2D eigenvalue weighted by Gasteiger charge is -2.38. The highest BCUT2D eigenvalue weighted by molar-refractivity contribution is 5.28. The first-order chi connectivity index (χ1) is 13.3. The molecule has 1 saturated carbocycles. The molecule has 0 radical (unpaired) electrons. The number of hydrogen-bond donors (Lipinski definition) is 1. The van der Waals surface area contributed by atoms with E-state index in [0.29, 0.717) is 18.0 Å².